The number of para-hydroxylation sites is 1. The molecule has 1 aromatic rings. The second-order valence-corrected chi connectivity index (χ2v) is 5.28. The van der Waals surface area contributed by atoms with E-state index in [0.29, 0.717) is 11.3 Å². The molecule has 0 atom stereocenters. The molecule has 0 saturated heterocycles. The van der Waals surface area contributed by atoms with Crippen LogP contribution in [0.2, 0.25) is 0 Å². The van der Waals surface area contributed by atoms with Crippen LogP contribution in [0.15, 0.2) is 24.3 Å². The maximum Gasteiger partial charge on any atom is 0.233 e. The third kappa shape index (κ3) is 4.60. The van der Waals surface area contributed by atoms with E-state index in [2.05, 4.69) is 10.6 Å². The van der Waals surface area contributed by atoms with Crippen molar-refractivity contribution in [3.8, 4) is 6.07 Å². The van der Waals surface area contributed by atoms with E-state index in [0.717, 1.165) is 25.7 Å². The lowest BCUT2D eigenvalue weighted by molar-refractivity contribution is -0.127. The molecule has 2 amide bonds. The van der Waals surface area contributed by atoms with Gasteiger partial charge >= 0.3 is 0 Å². The fourth-order valence-electron chi connectivity index (χ4n) is 2.56. The molecule has 1 fully saturated rings. The lowest BCUT2D eigenvalue weighted by atomic mass is 9.95. The normalized spacial score (nSPS) is 15.0. The van der Waals surface area contributed by atoms with E-state index in [9.17, 15) is 9.59 Å². The van der Waals surface area contributed by atoms with Crippen LogP contribution in [0.3, 0.4) is 0 Å². The average molecular weight is 285 g/mol. The summed E-state index contributed by atoms with van der Waals surface area (Å²) in [4.78, 5) is 23.7. The Balaban J connectivity index is 1.83. The van der Waals surface area contributed by atoms with Gasteiger partial charge in [0.05, 0.1) is 11.3 Å². The predicted octanol–water partition coefficient (Wildman–Crippen LogP) is 2.34. The van der Waals surface area contributed by atoms with Crippen LogP contribution >= 0.6 is 0 Å². The summed E-state index contributed by atoms with van der Waals surface area (Å²) in [6.07, 6.45) is 5.25. The monoisotopic (exact) mass is 285 g/mol. The molecular formula is C16H19N3O2. The van der Waals surface area contributed by atoms with Crippen LogP contribution in [0.4, 0.5) is 5.69 Å². The first-order valence-corrected chi connectivity index (χ1v) is 7.27. The summed E-state index contributed by atoms with van der Waals surface area (Å²) in [5, 5.41) is 14.5. The minimum absolute atomic E-state index is 0.199. The highest BCUT2D eigenvalue weighted by Gasteiger charge is 2.17. The summed E-state index contributed by atoms with van der Waals surface area (Å²) in [5.74, 6) is -0.653. The van der Waals surface area contributed by atoms with Crippen LogP contribution in [0.25, 0.3) is 0 Å². The zero-order valence-electron chi connectivity index (χ0n) is 11.9. The summed E-state index contributed by atoms with van der Waals surface area (Å²) in [6.45, 7) is 0. The van der Waals surface area contributed by atoms with Gasteiger partial charge in [-0.2, -0.15) is 5.26 Å². The Morgan fingerprint density at radius 1 is 1.14 bits per heavy atom. The molecule has 2 rings (SSSR count). The van der Waals surface area contributed by atoms with Crippen molar-refractivity contribution in [2.75, 3.05) is 5.32 Å². The quantitative estimate of drug-likeness (QED) is 0.833. The van der Waals surface area contributed by atoms with Crippen molar-refractivity contribution in [2.24, 2.45) is 0 Å². The van der Waals surface area contributed by atoms with E-state index in [1.54, 1.807) is 24.3 Å². The van der Waals surface area contributed by atoms with E-state index in [1.807, 2.05) is 6.07 Å². The van der Waals surface area contributed by atoms with Gasteiger partial charge in [-0.05, 0) is 25.0 Å². The number of carbonyl (C=O) groups excluding carboxylic acids is 2. The second kappa shape index (κ2) is 7.44. The van der Waals surface area contributed by atoms with Crippen LogP contribution in [0, 0.1) is 11.3 Å². The molecule has 5 nitrogen and oxygen atoms in total. The molecule has 0 aliphatic heterocycles. The van der Waals surface area contributed by atoms with Crippen molar-refractivity contribution in [3.05, 3.63) is 29.8 Å². The minimum Gasteiger partial charge on any atom is -0.353 e. The summed E-state index contributed by atoms with van der Waals surface area (Å²) in [6, 6.07) is 8.94. The largest absolute Gasteiger partial charge is 0.353 e. The average Bonchev–Trinajstić information content (AvgIpc) is 2.48. The van der Waals surface area contributed by atoms with Gasteiger partial charge < -0.3 is 10.6 Å². The van der Waals surface area contributed by atoms with Crippen molar-refractivity contribution < 1.29 is 9.59 Å². The van der Waals surface area contributed by atoms with Crippen LogP contribution in [-0.4, -0.2) is 17.9 Å². The molecule has 0 spiro atoms. The van der Waals surface area contributed by atoms with Crippen molar-refractivity contribution in [3.63, 3.8) is 0 Å². The molecule has 5 heteroatoms. The van der Waals surface area contributed by atoms with Crippen molar-refractivity contribution in [1.29, 1.82) is 5.26 Å². The third-order valence-electron chi connectivity index (χ3n) is 3.61. The molecule has 110 valence electrons. The van der Waals surface area contributed by atoms with Gasteiger partial charge in [-0.3, -0.25) is 9.59 Å². The Kier molecular flexibility index (Phi) is 5.33. The number of nitrogens with zero attached hydrogens (tertiary/aromatic N) is 1. The molecule has 21 heavy (non-hydrogen) atoms. The molecular weight excluding hydrogens is 266 g/mol. The summed E-state index contributed by atoms with van der Waals surface area (Å²) in [5.41, 5.74) is 0.828. The first-order chi connectivity index (χ1) is 10.2. The second-order valence-electron chi connectivity index (χ2n) is 5.28. The third-order valence-corrected chi connectivity index (χ3v) is 3.61. The molecule has 0 aromatic heterocycles. The molecule has 0 heterocycles. The summed E-state index contributed by atoms with van der Waals surface area (Å²) >= 11 is 0. The van der Waals surface area contributed by atoms with E-state index in [4.69, 9.17) is 5.26 Å². The van der Waals surface area contributed by atoms with Crippen LogP contribution in [0.5, 0.6) is 0 Å². The van der Waals surface area contributed by atoms with Gasteiger partial charge in [-0.15, -0.1) is 0 Å². The van der Waals surface area contributed by atoms with E-state index in [-0.39, 0.29) is 18.4 Å². The zero-order chi connectivity index (χ0) is 15.1. The van der Waals surface area contributed by atoms with Crippen LogP contribution in [-0.2, 0) is 9.59 Å². The molecule has 2 N–H and O–H groups in total. The number of nitriles is 1. The Labute approximate surface area is 124 Å². The molecule has 1 saturated carbocycles. The highest BCUT2D eigenvalue weighted by atomic mass is 16.2. The number of anilines is 1. The fourth-order valence-corrected chi connectivity index (χ4v) is 2.56. The molecule has 1 aliphatic carbocycles. The van der Waals surface area contributed by atoms with Crippen LogP contribution < -0.4 is 10.6 Å². The lowest BCUT2D eigenvalue weighted by Gasteiger charge is -2.22. The topological polar surface area (TPSA) is 82.0 Å². The minimum atomic E-state index is -0.397. The zero-order valence-corrected chi connectivity index (χ0v) is 11.9. The maximum atomic E-state index is 11.9. The van der Waals surface area contributed by atoms with Crippen molar-refractivity contribution >= 4 is 17.5 Å². The number of rotatable bonds is 4. The van der Waals surface area contributed by atoms with E-state index in [1.165, 1.54) is 6.42 Å². The highest BCUT2D eigenvalue weighted by Crippen LogP contribution is 2.17. The van der Waals surface area contributed by atoms with E-state index < -0.39 is 5.91 Å². The van der Waals surface area contributed by atoms with Crippen molar-refractivity contribution in [1.82, 2.24) is 5.32 Å². The molecule has 0 bridgehead atoms. The van der Waals surface area contributed by atoms with Gasteiger partial charge in [-0.25, -0.2) is 0 Å². The molecule has 1 aliphatic rings. The number of amides is 2. The number of carbonyl (C=O) groups is 2. The van der Waals surface area contributed by atoms with Crippen molar-refractivity contribution in [2.45, 2.75) is 44.6 Å². The number of hydrogen-bond acceptors (Lipinski definition) is 3. The van der Waals surface area contributed by atoms with E-state index >= 15 is 0 Å². The Bertz CT molecular complexity index is 557. The molecule has 0 unspecified atom stereocenters. The summed E-state index contributed by atoms with van der Waals surface area (Å²) < 4.78 is 0. The molecule has 1 aromatic carbocycles. The number of hydrogen-bond donors (Lipinski definition) is 2. The van der Waals surface area contributed by atoms with Gasteiger partial charge in [0.15, 0.2) is 0 Å². The SMILES string of the molecule is N#Cc1ccccc1NC(=O)CC(=O)NC1CCCCC1. The Morgan fingerprint density at radius 2 is 1.86 bits per heavy atom. The van der Waals surface area contributed by atoms with Gasteiger partial charge in [0.25, 0.3) is 0 Å². The first kappa shape index (κ1) is 15.0. The fraction of sp³-hybridized carbons (Fsp3) is 0.438. The Morgan fingerprint density at radius 3 is 2.57 bits per heavy atom. The first-order valence-electron chi connectivity index (χ1n) is 7.27. The van der Waals surface area contributed by atoms with Gasteiger partial charge in [-0.1, -0.05) is 31.4 Å². The number of nitrogens with one attached hydrogen (secondary N) is 2. The van der Waals surface area contributed by atoms with Gasteiger partial charge in [0, 0.05) is 6.04 Å². The highest BCUT2D eigenvalue weighted by molar-refractivity contribution is 6.04. The number of benzene rings is 1. The Hall–Kier alpha value is -2.35. The smallest absolute Gasteiger partial charge is 0.233 e. The summed E-state index contributed by atoms with van der Waals surface area (Å²) in [7, 11) is 0. The van der Waals surface area contributed by atoms with Gasteiger partial charge in [0.2, 0.25) is 11.8 Å². The standard InChI is InChI=1S/C16H19N3O2/c17-11-12-6-4-5-9-14(12)19-16(21)10-15(20)18-13-7-2-1-3-8-13/h4-6,9,13H,1-3,7-8,10H2,(H,18,20)(H,19,21). The lowest BCUT2D eigenvalue weighted by Crippen LogP contribution is -2.37. The maximum absolute atomic E-state index is 11.9. The van der Waals surface area contributed by atoms with Crippen LogP contribution in [0.1, 0.15) is 44.1 Å². The molecule has 0 radical (unpaired) electrons. The predicted molar refractivity (Wildman–Crippen MR) is 79.4 cm³/mol. The van der Waals surface area contributed by atoms with Gasteiger partial charge in [0.1, 0.15) is 12.5 Å².